The predicted octanol–water partition coefficient (Wildman–Crippen LogP) is 1.70. The van der Waals surface area contributed by atoms with Crippen LogP contribution in [0.4, 0.5) is 5.69 Å². The van der Waals surface area contributed by atoms with Crippen LogP contribution >= 0.6 is 22.6 Å². The minimum atomic E-state index is -0.517. The highest BCUT2D eigenvalue weighted by atomic mass is 127. The van der Waals surface area contributed by atoms with Gasteiger partial charge >= 0.3 is 0 Å². The van der Waals surface area contributed by atoms with E-state index in [1.807, 2.05) is 25.1 Å². The van der Waals surface area contributed by atoms with E-state index in [1.165, 1.54) is 0 Å². The Morgan fingerprint density at radius 1 is 1.53 bits per heavy atom. The summed E-state index contributed by atoms with van der Waals surface area (Å²) in [5.41, 5.74) is 1.99. The molecule has 1 heterocycles. The number of anilines is 1. The van der Waals surface area contributed by atoms with Crippen molar-refractivity contribution < 1.29 is 9.90 Å². The molecule has 1 amide bonds. The van der Waals surface area contributed by atoms with Crippen molar-refractivity contribution in [3.8, 4) is 0 Å². The Hall–Kier alpha value is -0.620. The average Bonchev–Trinajstić information content (AvgIpc) is 2.45. The third-order valence-corrected chi connectivity index (χ3v) is 3.23. The van der Waals surface area contributed by atoms with E-state index in [0.717, 1.165) is 14.8 Å². The number of benzene rings is 1. The molecule has 1 aromatic carbocycles. The van der Waals surface area contributed by atoms with Crippen molar-refractivity contribution in [2.24, 2.45) is 0 Å². The summed E-state index contributed by atoms with van der Waals surface area (Å²) in [5.74, 6) is 0.00630. The van der Waals surface area contributed by atoms with Crippen LogP contribution < -0.4 is 4.90 Å². The number of β-amino-alcohol motifs (C(OH)–C–C–N with tert-alkyl or cyclic N) is 1. The van der Waals surface area contributed by atoms with Crippen LogP contribution in [0.2, 0.25) is 0 Å². The number of aryl methyl sites for hydroxylation is 1. The summed E-state index contributed by atoms with van der Waals surface area (Å²) in [5, 5.41) is 9.41. The SMILES string of the molecule is Cc1cc(I)ccc1N1CC(O)CC1=O. The molecule has 1 aliphatic rings. The molecule has 1 fully saturated rings. The molecule has 15 heavy (non-hydrogen) atoms. The summed E-state index contributed by atoms with van der Waals surface area (Å²) in [6.45, 7) is 2.40. The van der Waals surface area contributed by atoms with Crippen LogP contribution in [0.5, 0.6) is 0 Å². The van der Waals surface area contributed by atoms with Crippen molar-refractivity contribution in [2.45, 2.75) is 19.4 Å². The average molecular weight is 317 g/mol. The molecule has 1 atom stereocenters. The molecule has 0 saturated carbocycles. The Labute approximate surface area is 102 Å². The highest BCUT2D eigenvalue weighted by Gasteiger charge is 2.29. The second kappa shape index (κ2) is 4.09. The number of aliphatic hydroxyl groups is 1. The van der Waals surface area contributed by atoms with E-state index in [-0.39, 0.29) is 12.3 Å². The minimum absolute atomic E-state index is 0.00630. The van der Waals surface area contributed by atoms with Gasteiger partial charge in [-0.15, -0.1) is 0 Å². The molecule has 1 aliphatic heterocycles. The Bertz CT molecular complexity index is 406. The van der Waals surface area contributed by atoms with Gasteiger partial charge < -0.3 is 10.0 Å². The van der Waals surface area contributed by atoms with Gasteiger partial charge in [-0.05, 0) is 53.3 Å². The molecule has 80 valence electrons. The Kier molecular flexibility index (Phi) is 2.97. The van der Waals surface area contributed by atoms with Gasteiger partial charge in [-0.1, -0.05) is 0 Å². The van der Waals surface area contributed by atoms with Crippen molar-refractivity contribution in [1.29, 1.82) is 0 Å². The molecule has 1 N–H and O–H groups in total. The lowest BCUT2D eigenvalue weighted by Crippen LogP contribution is -2.25. The fraction of sp³-hybridized carbons (Fsp3) is 0.364. The monoisotopic (exact) mass is 317 g/mol. The van der Waals surface area contributed by atoms with Gasteiger partial charge in [0.15, 0.2) is 0 Å². The summed E-state index contributed by atoms with van der Waals surface area (Å²) in [4.78, 5) is 13.2. The van der Waals surface area contributed by atoms with Gasteiger partial charge in [-0.2, -0.15) is 0 Å². The van der Waals surface area contributed by atoms with Gasteiger partial charge in [0.1, 0.15) is 0 Å². The first kappa shape index (κ1) is 10.9. The van der Waals surface area contributed by atoms with Crippen LogP contribution in [0.15, 0.2) is 18.2 Å². The van der Waals surface area contributed by atoms with Gasteiger partial charge in [0.05, 0.1) is 19.1 Å². The number of carbonyl (C=O) groups is 1. The molecule has 3 nitrogen and oxygen atoms in total. The number of halogens is 1. The van der Waals surface area contributed by atoms with Gasteiger partial charge in [0.25, 0.3) is 0 Å². The second-order valence-corrected chi connectivity index (χ2v) is 5.04. The fourth-order valence-corrected chi connectivity index (χ4v) is 2.49. The minimum Gasteiger partial charge on any atom is -0.391 e. The number of amides is 1. The van der Waals surface area contributed by atoms with E-state index in [9.17, 15) is 9.90 Å². The summed E-state index contributed by atoms with van der Waals surface area (Å²) in [6.07, 6.45) is -0.276. The second-order valence-electron chi connectivity index (χ2n) is 3.79. The maximum Gasteiger partial charge on any atom is 0.229 e. The molecule has 1 saturated heterocycles. The van der Waals surface area contributed by atoms with Gasteiger partial charge in [-0.3, -0.25) is 4.79 Å². The Morgan fingerprint density at radius 3 is 2.80 bits per heavy atom. The van der Waals surface area contributed by atoms with Crippen LogP contribution in [0.1, 0.15) is 12.0 Å². The van der Waals surface area contributed by atoms with E-state index < -0.39 is 6.10 Å². The van der Waals surface area contributed by atoms with Crippen molar-refractivity contribution in [1.82, 2.24) is 0 Å². The van der Waals surface area contributed by atoms with E-state index in [2.05, 4.69) is 22.6 Å². The molecule has 0 aliphatic carbocycles. The first-order valence-electron chi connectivity index (χ1n) is 4.82. The van der Waals surface area contributed by atoms with Crippen molar-refractivity contribution in [2.75, 3.05) is 11.4 Å². The van der Waals surface area contributed by atoms with Crippen LogP contribution in [-0.2, 0) is 4.79 Å². The molecule has 0 aromatic heterocycles. The quantitative estimate of drug-likeness (QED) is 0.801. The molecule has 2 rings (SSSR count). The van der Waals surface area contributed by atoms with Crippen molar-refractivity contribution in [3.63, 3.8) is 0 Å². The molecule has 1 aromatic rings. The standard InChI is InChI=1S/C11H12INO2/c1-7-4-8(12)2-3-10(7)13-6-9(14)5-11(13)15/h2-4,9,14H,5-6H2,1H3. The number of nitrogens with zero attached hydrogens (tertiary/aromatic N) is 1. The van der Waals surface area contributed by atoms with E-state index in [4.69, 9.17) is 0 Å². The molecular formula is C11H12INO2. The van der Waals surface area contributed by atoms with Crippen LogP contribution in [0.3, 0.4) is 0 Å². The van der Waals surface area contributed by atoms with Gasteiger partial charge in [0.2, 0.25) is 5.91 Å². The highest BCUT2D eigenvalue weighted by molar-refractivity contribution is 14.1. The maximum absolute atomic E-state index is 11.6. The third kappa shape index (κ3) is 2.15. The molecule has 0 spiro atoms. The van der Waals surface area contributed by atoms with Crippen molar-refractivity contribution >= 4 is 34.2 Å². The van der Waals surface area contributed by atoms with E-state index in [1.54, 1.807) is 4.90 Å². The predicted molar refractivity (Wildman–Crippen MR) is 66.9 cm³/mol. The number of rotatable bonds is 1. The first-order valence-corrected chi connectivity index (χ1v) is 5.90. The number of hydrogen-bond donors (Lipinski definition) is 1. The zero-order chi connectivity index (χ0) is 11.0. The topological polar surface area (TPSA) is 40.5 Å². The lowest BCUT2D eigenvalue weighted by molar-refractivity contribution is -0.117. The summed E-state index contributed by atoms with van der Waals surface area (Å²) in [7, 11) is 0. The highest BCUT2D eigenvalue weighted by Crippen LogP contribution is 2.26. The fourth-order valence-electron chi connectivity index (χ4n) is 1.84. The Balaban J connectivity index is 2.34. The number of hydrogen-bond acceptors (Lipinski definition) is 2. The van der Waals surface area contributed by atoms with E-state index in [0.29, 0.717) is 6.54 Å². The lowest BCUT2D eigenvalue weighted by Gasteiger charge is -2.18. The molecule has 0 radical (unpaired) electrons. The molecule has 1 unspecified atom stereocenters. The summed E-state index contributed by atoms with van der Waals surface area (Å²) in [6, 6.07) is 5.95. The van der Waals surface area contributed by atoms with Gasteiger partial charge in [-0.25, -0.2) is 0 Å². The molecule has 0 bridgehead atoms. The smallest absolute Gasteiger partial charge is 0.229 e. The maximum atomic E-state index is 11.6. The summed E-state index contributed by atoms with van der Waals surface area (Å²) >= 11 is 2.24. The van der Waals surface area contributed by atoms with Gasteiger partial charge in [0, 0.05) is 9.26 Å². The van der Waals surface area contributed by atoms with E-state index >= 15 is 0 Å². The third-order valence-electron chi connectivity index (χ3n) is 2.55. The number of carbonyl (C=O) groups excluding carboxylic acids is 1. The van der Waals surface area contributed by atoms with Crippen LogP contribution in [-0.4, -0.2) is 23.7 Å². The van der Waals surface area contributed by atoms with Crippen molar-refractivity contribution in [3.05, 3.63) is 27.3 Å². The normalized spacial score (nSPS) is 21.1. The molecule has 4 heteroatoms. The lowest BCUT2D eigenvalue weighted by atomic mass is 10.2. The zero-order valence-electron chi connectivity index (χ0n) is 8.40. The molecular weight excluding hydrogens is 305 g/mol. The Morgan fingerprint density at radius 2 is 2.27 bits per heavy atom. The number of aliphatic hydroxyl groups excluding tert-OH is 1. The zero-order valence-corrected chi connectivity index (χ0v) is 10.6. The first-order chi connectivity index (χ1) is 7.08. The van der Waals surface area contributed by atoms with Crippen LogP contribution in [0.25, 0.3) is 0 Å². The van der Waals surface area contributed by atoms with Crippen LogP contribution in [0, 0.1) is 10.5 Å². The largest absolute Gasteiger partial charge is 0.391 e. The summed E-state index contributed by atoms with van der Waals surface area (Å²) < 4.78 is 1.15.